The number of rotatable bonds is 0. The molecule has 0 radical (unpaired) electrons. The Labute approximate surface area is 87.7 Å². The van der Waals surface area contributed by atoms with E-state index >= 15 is 0 Å². The summed E-state index contributed by atoms with van der Waals surface area (Å²) in [7, 11) is 0. The minimum Gasteiger partial charge on any atom is -0.332 e. The lowest BCUT2D eigenvalue weighted by atomic mass is 9.99. The number of carbonyl (C=O) groups excluding carboxylic acids is 1. The Bertz CT molecular complexity index is 216. The highest BCUT2D eigenvalue weighted by molar-refractivity contribution is 5.93. The van der Waals surface area contributed by atoms with Crippen LogP contribution in [0, 0.1) is 17.8 Å². The molecule has 1 fully saturated rings. The van der Waals surface area contributed by atoms with Crippen molar-refractivity contribution in [3.63, 3.8) is 0 Å². The van der Waals surface area contributed by atoms with Gasteiger partial charge in [0.1, 0.15) is 0 Å². The molecule has 1 aliphatic heterocycles. The molecule has 0 aromatic heterocycles. The molecule has 2 heteroatoms. The lowest BCUT2D eigenvalue weighted by Crippen LogP contribution is -2.37. The normalized spacial score (nSPS) is 16.1. The van der Waals surface area contributed by atoms with Crippen molar-refractivity contribution in [2.24, 2.45) is 5.92 Å². The number of carbonyl (C=O) groups is 1. The van der Waals surface area contributed by atoms with Crippen molar-refractivity contribution >= 4 is 5.91 Å². The molecule has 1 heterocycles. The molecule has 0 spiro atoms. The van der Waals surface area contributed by atoms with Crippen LogP contribution in [-0.2, 0) is 4.79 Å². The lowest BCUT2D eigenvalue weighted by Gasteiger charge is -2.28. The minimum absolute atomic E-state index is 0.00981. The Kier molecular flexibility index (Phi) is 6.92. The second kappa shape index (κ2) is 7.44. The first-order valence-electron chi connectivity index (χ1n) is 5.45. The van der Waals surface area contributed by atoms with Crippen molar-refractivity contribution in [2.45, 2.75) is 40.5 Å². The summed E-state index contributed by atoms with van der Waals surface area (Å²) in [5, 5.41) is 0. The molecule has 0 aliphatic carbocycles. The third-order valence-corrected chi connectivity index (χ3v) is 2.30. The third-order valence-electron chi connectivity index (χ3n) is 2.30. The van der Waals surface area contributed by atoms with Crippen LogP contribution in [0.25, 0.3) is 0 Å². The van der Waals surface area contributed by atoms with Gasteiger partial charge in [0.15, 0.2) is 0 Å². The van der Waals surface area contributed by atoms with Gasteiger partial charge in [-0.3, -0.25) is 4.79 Å². The maximum atomic E-state index is 11.3. The highest BCUT2D eigenvalue weighted by Gasteiger charge is 2.18. The maximum Gasteiger partial charge on any atom is 0.298 e. The van der Waals surface area contributed by atoms with Gasteiger partial charge in [-0.05, 0) is 31.6 Å². The number of nitrogens with zero attached hydrogens (tertiary/aromatic N) is 1. The highest BCUT2D eigenvalue weighted by atomic mass is 16.2. The van der Waals surface area contributed by atoms with Crippen LogP contribution in [0.1, 0.15) is 40.5 Å². The maximum absolute atomic E-state index is 11.3. The summed E-state index contributed by atoms with van der Waals surface area (Å²) in [5.41, 5.74) is 0. The Morgan fingerprint density at radius 1 is 1.29 bits per heavy atom. The van der Waals surface area contributed by atoms with E-state index < -0.39 is 0 Å². The molecule has 14 heavy (non-hydrogen) atoms. The fourth-order valence-electron chi connectivity index (χ4n) is 1.40. The van der Waals surface area contributed by atoms with Gasteiger partial charge in [0.25, 0.3) is 5.91 Å². The van der Waals surface area contributed by atoms with Gasteiger partial charge in [0.05, 0.1) is 0 Å². The molecule has 0 aromatic carbocycles. The smallest absolute Gasteiger partial charge is 0.298 e. The molecular weight excluding hydrogens is 174 g/mol. The Hall–Kier alpha value is -0.970. The molecule has 1 aliphatic rings. The topological polar surface area (TPSA) is 20.3 Å². The summed E-state index contributed by atoms with van der Waals surface area (Å²) in [4.78, 5) is 13.1. The van der Waals surface area contributed by atoms with E-state index in [1.54, 1.807) is 6.92 Å². The van der Waals surface area contributed by atoms with Crippen LogP contribution in [0.3, 0.4) is 0 Å². The van der Waals surface area contributed by atoms with E-state index in [0.717, 1.165) is 31.8 Å². The fourth-order valence-corrected chi connectivity index (χ4v) is 1.40. The summed E-state index contributed by atoms with van der Waals surface area (Å²) in [6.07, 6.45) is 2.24. The molecule has 0 N–H and O–H groups in total. The third kappa shape index (κ3) is 4.32. The van der Waals surface area contributed by atoms with Crippen LogP contribution in [0.15, 0.2) is 0 Å². The van der Waals surface area contributed by atoms with Gasteiger partial charge < -0.3 is 4.90 Å². The Balaban J connectivity index is 0.000000791. The molecule has 0 saturated carbocycles. The number of hydrogen-bond donors (Lipinski definition) is 0. The molecule has 0 bridgehead atoms. The van der Waals surface area contributed by atoms with Crippen LogP contribution < -0.4 is 0 Å². The number of hydrogen-bond acceptors (Lipinski definition) is 1. The fraction of sp³-hybridized carbons (Fsp3) is 0.750. The number of piperidine rings is 1. The summed E-state index contributed by atoms with van der Waals surface area (Å²) < 4.78 is 0. The molecule has 0 unspecified atom stereocenters. The molecule has 0 atom stereocenters. The van der Waals surface area contributed by atoms with Crippen molar-refractivity contribution in [3.8, 4) is 11.8 Å². The van der Waals surface area contributed by atoms with Crippen LogP contribution >= 0.6 is 0 Å². The predicted molar refractivity (Wildman–Crippen MR) is 59.8 cm³/mol. The standard InChI is InChI=1S/C10H15NO.C2H6/c1-3-4-10(12)11-7-5-9(2)6-8-11;1-2/h9H,5-8H2,1-2H3;1-2H3. The van der Waals surface area contributed by atoms with E-state index in [9.17, 15) is 4.79 Å². The van der Waals surface area contributed by atoms with Gasteiger partial charge in [0, 0.05) is 13.1 Å². The molecular formula is C12H21NO. The quantitative estimate of drug-likeness (QED) is 0.543. The highest BCUT2D eigenvalue weighted by Crippen LogP contribution is 2.15. The Morgan fingerprint density at radius 3 is 2.21 bits per heavy atom. The average molecular weight is 195 g/mol. The van der Waals surface area contributed by atoms with E-state index in [1.807, 2.05) is 18.7 Å². The monoisotopic (exact) mass is 195 g/mol. The van der Waals surface area contributed by atoms with Gasteiger partial charge in [0.2, 0.25) is 0 Å². The van der Waals surface area contributed by atoms with E-state index in [0.29, 0.717) is 0 Å². The van der Waals surface area contributed by atoms with Crippen molar-refractivity contribution < 1.29 is 4.79 Å². The van der Waals surface area contributed by atoms with Gasteiger partial charge in [-0.2, -0.15) is 0 Å². The van der Waals surface area contributed by atoms with Gasteiger partial charge >= 0.3 is 0 Å². The van der Waals surface area contributed by atoms with Crippen molar-refractivity contribution in [1.82, 2.24) is 4.90 Å². The molecule has 2 nitrogen and oxygen atoms in total. The lowest BCUT2D eigenvalue weighted by molar-refractivity contribution is -0.126. The van der Waals surface area contributed by atoms with Gasteiger partial charge in [-0.25, -0.2) is 0 Å². The van der Waals surface area contributed by atoms with Crippen molar-refractivity contribution in [2.75, 3.05) is 13.1 Å². The Morgan fingerprint density at radius 2 is 1.79 bits per heavy atom. The van der Waals surface area contributed by atoms with E-state index in [-0.39, 0.29) is 5.91 Å². The van der Waals surface area contributed by atoms with E-state index in [1.165, 1.54) is 0 Å². The van der Waals surface area contributed by atoms with Gasteiger partial charge in [-0.15, -0.1) is 0 Å². The molecule has 0 aromatic rings. The molecule has 1 amide bonds. The average Bonchev–Trinajstić information content (AvgIpc) is 2.22. The summed E-state index contributed by atoms with van der Waals surface area (Å²) in [6.45, 7) is 9.70. The predicted octanol–water partition coefficient (Wildman–Crippen LogP) is 2.29. The van der Waals surface area contributed by atoms with Gasteiger partial charge in [-0.1, -0.05) is 26.7 Å². The van der Waals surface area contributed by atoms with Crippen molar-refractivity contribution in [1.29, 1.82) is 0 Å². The van der Waals surface area contributed by atoms with Crippen LogP contribution in [0.4, 0.5) is 0 Å². The van der Waals surface area contributed by atoms with Crippen molar-refractivity contribution in [3.05, 3.63) is 0 Å². The number of likely N-dealkylation sites (tertiary alicyclic amines) is 1. The largest absolute Gasteiger partial charge is 0.332 e. The summed E-state index contributed by atoms with van der Waals surface area (Å²) in [6, 6.07) is 0. The van der Waals surface area contributed by atoms with E-state index in [4.69, 9.17) is 0 Å². The second-order valence-electron chi connectivity index (χ2n) is 3.35. The summed E-state index contributed by atoms with van der Waals surface area (Å²) >= 11 is 0. The summed E-state index contributed by atoms with van der Waals surface area (Å²) in [5.74, 6) is 5.96. The number of amides is 1. The SMILES string of the molecule is CC.CC#CC(=O)N1CCC(C)CC1. The zero-order valence-electron chi connectivity index (χ0n) is 9.76. The first-order chi connectivity index (χ1) is 6.74. The van der Waals surface area contributed by atoms with Crippen LogP contribution in [0.5, 0.6) is 0 Å². The van der Waals surface area contributed by atoms with Crippen LogP contribution in [0.2, 0.25) is 0 Å². The molecule has 1 saturated heterocycles. The molecule has 80 valence electrons. The second-order valence-corrected chi connectivity index (χ2v) is 3.35. The zero-order valence-corrected chi connectivity index (χ0v) is 9.76. The van der Waals surface area contributed by atoms with E-state index in [2.05, 4.69) is 18.8 Å². The van der Waals surface area contributed by atoms with Crippen LogP contribution in [-0.4, -0.2) is 23.9 Å². The molecule has 1 rings (SSSR count). The minimum atomic E-state index is -0.00981. The zero-order chi connectivity index (χ0) is 11.0. The first-order valence-corrected chi connectivity index (χ1v) is 5.45. The first kappa shape index (κ1) is 13.0.